The molecular weight excluding hydrogens is 402 g/mol. The largest absolute Gasteiger partial charge is 0.497 e. The fraction of sp³-hybridized carbons (Fsp3) is 0.364. The molecule has 1 N–H and O–H groups in total. The second kappa shape index (κ2) is 8.79. The SMILES string of the molecule is COc1ccc2nc(N3CCC(C(=O)Nc4ccc(OC)c(OC)c4)CC3)sc2c1. The van der Waals surface area contributed by atoms with E-state index in [2.05, 4.69) is 10.2 Å². The number of nitrogens with one attached hydrogen (secondary N) is 1. The second-order valence-corrected chi connectivity index (χ2v) is 8.16. The van der Waals surface area contributed by atoms with Crippen LogP contribution in [0.4, 0.5) is 10.8 Å². The molecule has 0 unspecified atom stereocenters. The minimum atomic E-state index is -0.0242. The molecule has 158 valence electrons. The number of aromatic nitrogens is 1. The molecular formula is C22H25N3O4S. The number of rotatable bonds is 6. The molecule has 0 aliphatic carbocycles. The molecule has 1 saturated heterocycles. The third kappa shape index (κ3) is 4.14. The molecule has 1 fully saturated rings. The molecule has 7 nitrogen and oxygen atoms in total. The van der Waals surface area contributed by atoms with Gasteiger partial charge in [-0.1, -0.05) is 11.3 Å². The first kappa shape index (κ1) is 20.3. The van der Waals surface area contributed by atoms with Gasteiger partial charge in [-0.15, -0.1) is 0 Å². The van der Waals surface area contributed by atoms with E-state index < -0.39 is 0 Å². The molecule has 0 bridgehead atoms. The number of benzene rings is 2. The maximum Gasteiger partial charge on any atom is 0.227 e. The van der Waals surface area contributed by atoms with Crippen molar-refractivity contribution < 1.29 is 19.0 Å². The Kier molecular flexibility index (Phi) is 5.94. The number of hydrogen-bond acceptors (Lipinski definition) is 7. The first-order valence-corrected chi connectivity index (χ1v) is 10.7. The van der Waals surface area contributed by atoms with Crippen LogP contribution in [0.5, 0.6) is 17.2 Å². The Labute approximate surface area is 179 Å². The van der Waals surface area contributed by atoms with Crippen molar-refractivity contribution in [3.05, 3.63) is 36.4 Å². The van der Waals surface area contributed by atoms with Gasteiger partial charge >= 0.3 is 0 Å². The van der Waals surface area contributed by atoms with Gasteiger partial charge in [0.2, 0.25) is 5.91 Å². The second-order valence-electron chi connectivity index (χ2n) is 7.15. The fourth-order valence-corrected chi connectivity index (χ4v) is 4.69. The van der Waals surface area contributed by atoms with Gasteiger partial charge in [-0.05, 0) is 43.2 Å². The number of anilines is 2. The van der Waals surface area contributed by atoms with Crippen LogP contribution in [0.15, 0.2) is 36.4 Å². The lowest BCUT2D eigenvalue weighted by Crippen LogP contribution is -2.38. The van der Waals surface area contributed by atoms with E-state index in [0.717, 1.165) is 47.0 Å². The van der Waals surface area contributed by atoms with Crippen LogP contribution in [-0.4, -0.2) is 45.3 Å². The number of carbonyl (C=O) groups excluding carboxylic acids is 1. The molecule has 8 heteroatoms. The Morgan fingerprint density at radius 3 is 2.50 bits per heavy atom. The maximum atomic E-state index is 12.7. The van der Waals surface area contributed by atoms with Crippen LogP contribution in [0.25, 0.3) is 10.2 Å². The van der Waals surface area contributed by atoms with Gasteiger partial charge in [0.15, 0.2) is 16.6 Å². The first-order chi connectivity index (χ1) is 14.6. The molecule has 0 saturated carbocycles. The number of hydrogen-bond donors (Lipinski definition) is 1. The fourth-order valence-electron chi connectivity index (χ4n) is 3.65. The van der Waals surface area contributed by atoms with Gasteiger partial charge in [0.05, 0.1) is 31.5 Å². The van der Waals surface area contributed by atoms with E-state index in [0.29, 0.717) is 17.2 Å². The van der Waals surface area contributed by atoms with E-state index in [-0.39, 0.29) is 11.8 Å². The summed E-state index contributed by atoms with van der Waals surface area (Å²) < 4.78 is 17.0. The van der Waals surface area contributed by atoms with E-state index in [1.54, 1.807) is 44.8 Å². The van der Waals surface area contributed by atoms with Gasteiger partial charge in [0.25, 0.3) is 0 Å². The molecule has 2 aromatic carbocycles. The molecule has 1 aliphatic rings. The Hall–Kier alpha value is -3.00. The van der Waals surface area contributed by atoms with Gasteiger partial charge in [-0.3, -0.25) is 4.79 Å². The number of nitrogens with zero attached hydrogens (tertiary/aromatic N) is 2. The van der Waals surface area contributed by atoms with Crippen LogP contribution in [0.2, 0.25) is 0 Å². The minimum Gasteiger partial charge on any atom is -0.497 e. The van der Waals surface area contributed by atoms with E-state index in [1.165, 1.54) is 0 Å². The highest BCUT2D eigenvalue weighted by molar-refractivity contribution is 7.22. The highest BCUT2D eigenvalue weighted by atomic mass is 32.1. The van der Waals surface area contributed by atoms with Crippen LogP contribution in [0.1, 0.15) is 12.8 Å². The van der Waals surface area contributed by atoms with Crippen molar-refractivity contribution in [2.24, 2.45) is 5.92 Å². The van der Waals surface area contributed by atoms with Gasteiger partial charge < -0.3 is 24.4 Å². The summed E-state index contributed by atoms with van der Waals surface area (Å²) in [6.07, 6.45) is 1.58. The van der Waals surface area contributed by atoms with Crippen molar-refractivity contribution >= 4 is 38.3 Å². The van der Waals surface area contributed by atoms with E-state index >= 15 is 0 Å². The normalized spacial score (nSPS) is 14.6. The zero-order valence-electron chi connectivity index (χ0n) is 17.3. The molecule has 0 spiro atoms. The van der Waals surface area contributed by atoms with E-state index in [1.807, 2.05) is 24.3 Å². The number of amides is 1. The molecule has 0 atom stereocenters. The quantitative estimate of drug-likeness (QED) is 0.636. The maximum absolute atomic E-state index is 12.7. The van der Waals surface area contributed by atoms with Crippen molar-refractivity contribution in [3.8, 4) is 17.2 Å². The molecule has 4 rings (SSSR count). The summed E-state index contributed by atoms with van der Waals surface area (Å²) >= 11 is 1.66. The van der Waals surface area contributed by atoms with Crippen molar-refractivity contribution in [1.82, 2.24) is 4.98 Å². The topological polar surface area (TPSA) is 72.9 Å². The molecule has 1 aromatic heterocycles. The van der Waals surface area contributed by atoms with Gasteiger partial charge in [-0.2, -0.15) is 0 Å². The predicted octanol–water partition coefficient (Wildman–Crippen LogP) is 4.18. The number of piperidine rings is 1. The van der Waals surface area contributed by atoms with Gasteiger partial charge in [0.1, 0.15) is 5.75 Å². The third-order valence-electron chi connectivity index (χ3n) is 5.37. The van der Waals surface area contributed by atoms with Crippen molar-refractivity contribution in [3.63, 3.8) is 0 Å². The van der Waals surface area contributed by atoms with Crippen LogP contribution in [0.3, 0.4) is 0 Å². The average molecular weight is 428 g/mol. The molecule has 3 aromatic rings. The summed E-state index contributed by atoms with van der Waals surface area (Å²) in [4.78, 5) is 19.8. The van der Waals surface area contributed by atoms with Crippen LogP contribution >= 0.6 is 11.3 Å². The lowest BCUT2D eigenvalue weighted by Gasteiger charge is -2.31. The standard InChI is InChI=1S/C22H25N3O4S/c1-27-16-5-6-17-20(13-16)30-22(24-17)25-10-8-14(9-11-25)21(26)23-15-4-7-18(28-2)19(12-15)29-3/h4-7,12-14H,8-11H2,1-3H3,(H,23,26). The third-order valence-corrected chi connectivity index (χ3v) is 6.45. The lowest BCUT2D eigenvalue weighted by molar-refractivity contribution is -0.120. The van der Waals surface area contributed by atoms with Crippen LogP contribution in [0, 0.1) is 5.92 Å². The van der Waals surface area contributed by atoms with E-state index in [4.69, 9.17) is 19.2 Å². The summed E-state index contributed by atoms with van der Waals surface area (Å²) in [5, 5.41) is 4.00. The van der Waals surface area contributed by atoms with Gasteiger partial charge in [0, 0.05) is 30.8 Å². The Morgan fingerprint density at radius 2 is 1.80 bits per heavy atom. The zero-order chi connectivity index (χ0) is 21.1. The molecule has 0 radical (unpaired) electrons. The highest BCUT2D eigenvalue weighted by Crippen LogP contribution is 2.34. The smallest absolute Gasteiger partial charge is 0.227 e. The summed E-state index contributed by atoms with van der Waals surface area (Å²) in [7, 11) is 4.84. The minimum absolute atomic E-state index is 0.0242. The average Bonchev–Trinajstić information content (AvgIpc) is 3.22. The number of thiazole rings is 1. The van der Waals surface area contributed by atoms with Crippen molar-refractivity contribution in [1.29, 1.82) is 0 Å². The molecule has 2 heterocycles. The van der Waals surface area contributed by atoms with Crippen molar-refractivity contribution in [2.45, 2.75) is 12.8 Å². The number of ether oxygens (including phenoxy) is 3. The molecule has 1 aliphatic heterocycles. The lowest BCUT2D eigenvalue weighted by atomic mass is 9.96. The Morgan fingerprint density at radius 1 is 1.03 bits per heavy atom. The highest BCUT2D eigenvalue weighted by Gasteiger charge is 2.26. The summed E-state index contributed by atoms with van der Waals surface area (Å²) in [5.41, 5.74) is 1.68. The summed E-state index contributed by atoms with van der Waals surface area (Å²) in [6.45, 7) is 1.61. The number of methoxy groups -OCH3 is 3. The van der Waals surface area contributed by atoms with Crippen molar-refractivity contribution in [2.75, 3.05) is 44.6 Å². The zero-order valence-corrected chi connectivity index (χ0v) is 18.1. The molecule has 30 heavy (non-hydrogen) atoms. The number of fused-ring (bicyclic) bond motifs is 1. The Bertz CT molecular complexity index is 1040. The predicted molar refractivity (Wildman–Crippen MR) is 119 cm³/mol. The molecule has 1 amide bonds. The Balaban J connectivity index is 1.38. The first-order valence-electron chi connectivity index (χ1n) is 9.83. The van der Waals surface area contributed by atoms with Crippen LogP contribution in [-0.2, 0) is 4.79 Å². The van der Waals surface area contributed by atoms with E-state index in [9.17, 15) is 4.79 Å². The monoisotopic (exact) mass is 427 g/mol. The van der Waals surface area contributed by atoms with Gasteiger partial charge in [-0.25, -0.2) is 4.98 Å². The summed E-state index contributed by atoms with van der Waals surface area (Å²) in [5.74, 6) is 2.08. The summed E-state index contributed by atoms with van der Waals surface area (Å²) in [6, 6.07) is 11.3. The van der Waals surface area contributed by atoms with Crippen LogP contribution < -0.4 is 24.4 Å². The number of carbonyl (C=O) groups is 1.